The normalized spacial score (nSPS) is 13.0. The fourth-order valence-corrected chi connectivity index (χ4v) is 3.02. The minimum Gasteiger partial charge on any atom is -0.415 e. The van der Waals surface area contributed by atoms with Crippen molar-refractivity contribution in [3.63, 3.8) is 0 Å². The standard InChI is InChI=1S/C15H12BF9N6.K/c1-7-4-10(13(17,18)19)29(26-7)16(30-11(14(20,21)22)5-8(2)27-30)31-12(15(23,24)25)6-9(3)28-31;/h4-6H,1-3H3;/q-1;+1. The van der Waals surface area contributed by atoms with Crippen molar-refractivity contribution in [2.24, 2.45) is 0 Å². The van der Waals surface area contributed by atoms with E-state index in [4.69, 9.17) is 0 Å². The zero-order valence-electron chi connectivity index (χ0n) is 16.9. The summed E-state index contributed by atoms with van der Waals surface area (Å²) in [5.41, 5.74) is -5.57. The van der Waals surface area contributed by atoms with Gasteiger partial charge in [-0.25, -0.2) is 15.3 Å². The molecule has 0 aliphatic carbocycles. The zero-order valence-corrected chi connectivity index (χ0v) is 20.0. The zero-order chi connectivity index (χ0) is 23.5. The van der Waals surface area contributed by atoms with Crippen LogP contribution in [0.4, 0.5) is 39.5 Å². The quantitative estimate of drug-likeness (QED) is 0.404. The summed E-state index contributed by atoms with van der Waals surface area (Å²) in [5, 5.41) is 10.6. The fraction of sp³-hybridized carbons (Fsp3) is 0.400. The van der Waals surface area contributed by atoms with Crippen LogP contribution in [0.25, 0.3) is 0 Å². The summed E-state index contributed by atoms with van der Waals surface area (Å²) in [4.78, 5) is 0. The first kappa shape index (κ1) is 26.9. The van der Waals surface area contributed by atoms with Gasteiger partial charge in [-0.15, -0.1) is 0 Å². The van der Waals surface area contributed by atoms with Crippen molar-refractivity contribution < 1.29 is 90.9 Å². The van der Waals surface area contributed by atoms with E-state index in [2.05, 4.69) is 15.3 Å². The Hall–Kier alpha value is -1.30. The maximum absolute atomic E-state index is 13.6. The molecule has 3 aromatic heterocycles. The first-order valence-corrected chi connectivity index (χ1v) is 8.40. The van der Waals surface area contributed by atoms with Crippen molar-refractivity contribution in [3.8, 4) is 0 Å². The van der Waals surface area contributed by atoms with E-state index in [0.717, 1.165) is 20.8 Å². The van der Waals surface area contributed by atoms with Gasteiger partial charge in [-0.2, -0.15) is 39.5 Å². The molecule has 0 bridgehead atoms. The van der Waals surface area contributed by atoms with Crippen molar-refractivity contribution in [2.75, 3.05) is 0 Å². The van der Waals surface area contributed by atoms with E-state index >= 15 is 0 Å². The molecule has 0 amide bonds. The van der Waals surface area contributed by atoms with Gasteiger partial charge in [0.2, 0.25) is 0 Å². The topological polar surface area (TPSA) is 53.5 Å². The predicted octanol–water partition coefficient (Wildman–Crippen LogP) is 1.19. The van der Waals surface area contributed by atoms with Gasteiger partial charge in [-0.1, -0.05) is 0 Å². The number of hydrogen-bond donors (Lipinski definition) is 0. The second kappa shape index (κ2) is 8.81. The van der Waals surface area contributed by atoms with Gasteiger partial charge in [0.05, 0.1) is 17.1 Å². The smallest absolute Gasteiger partial charge is 0.415 e. The third-order valence-electron chi connectivity index (χ3n) is 4.10. The van der Waals surface area contributed by atoms with Crippen LogP contribution in [-0.2, 0) is 18.5 Å². The SMILES string of the molecule is Cc1cc(C(F)(F)F)n([B-](n2nc(C)cc2C(F)(F)F)n2nc(C)cc2C(F)(F)F)n1.[K+]. The fourth-order valence-electron chi connectivity index (χ4n) is 3.02. The molecule has 0 aliphatic rings. The number of aromatic nitrogens is 6. The van der Waals surface area contributed by atoms with E-state index in [0.29, 0.717) is 18.2 Å². The molecule has 0 spiro atoms. The van der Waals surface area contributed by atoms with Gasteiger partial charge < -0.3 is 13.8 Å². The Bertz CT molecular complexity index is 970. The molecule has 3 heterocycles. The van der Waals surface area contributed by atoms with Crippen LogP contribution < -0.4 is 51.4 Å². The van der Waals surface area contributed by atoms with Gasteiger partial charge in [-0.05, 0) is 39.0 Å². The molecular formula is C15H12BF9KN6. The van der Waals surface area contributed by atoms with E-state index in [1.807, 2.05) is 0 Å². The average molecular weight is 497 g/mol. The maximum atomic E-state index is 13.6. The van der Waals surface area contributed by atoms with Gasteiger partial charge in [0, 0.05) is 0 Å². The molecule has 0 fully saturated rings. The Morgan fingerprint density at radius 1 is 0.562 bits per heavy atom. The Labute approximate surface area is 217 Å². The van der Waals surface area contributed by atoms with E-state index in [1.165, 1.54) is 0 Å². The van der Waals surface area contributed by atoms with Crippen LogP contribution in [0.3, 0.4) is 0 Å². The summed E-state index contributed by atoms with van der Waals surface area (Å²) in [6.07, 6.45) is -15.4. The molecule has 0 atom stereocenters. The molecule has 0 saturated carbocycles. The number of alkyl halides is 9. The molecule has 0 N–H and O–H groups in total. The third-order valence-corrected chi connectivity index (χ3v) is 4.10. The minimum absolute atomic E-state index is 0. The van der Waals surface area contributed by atoms with E-state index in [1.54, 1.807) is 0 Å². The van der Waals surface area contributed by atoms with Gasteiger partial charge in [0.1, 0.15) is 17.1 Å². The van der Waals surface area contributed by atoms with Crippen LogP contribution in [0.2, 0.25) is 0 Å². The van der Waals surface area contributed by atoms with Gasteiger partial charge >= 0.3 is 69.9 Å². The molecule has 3 rings (SSSR count). The Morgan fingerprint density at radius 3 is 0.969 bits per heavy atom. The average Bonchev–Trinajstić information content (AvgIpc) is 3.24. The van der Waals surface area contributed by atoms with Crippen LogP contribution in [0.5, 0.6) is 0 Å². The molecule has 0 aromatic carbocycles. The molecule has 0 aliphatic heterocycles. The van der Waals surface area contributed by atoms with Crippen LogP contribution in [0.15, 0.2) is 18.2 Å². The van der Waals surface area contributed by atoms with E-state index in [-0.39, 0.29) is 82.2 Å². The monoisotopic (exact) mass is 497 g/mol. The van der Waals surface area contributed by atoms with Crippen LogP contribution in [0.1, 0.15) is 34.2 Å². The van der Waals surface area contributed by atoms with Crippen molar-refractivity contribution in [1.82, 2.24) is 29.1 Å². The summed E-state index contributed by atoms with van der Waals surface area (Å²) >= 11 is 0. The predicted molar refractivity (Wildman–Crippen MR) is 87.8 cm³/mol. The second-order valence-electron chi connectivity index (χ2n) is 6.69. The van der Waals surface area contributed by atoms with Crippen LogP contribution >= 0.6 is 0 Å². The number of aryl methyl sites for hydroxylation is 3. The molecule has 3 aromatic rings. The number of hydrogen-bond acceptors (Lipinski definition) is 3. The summed E-state index contributed by atoms with van der Waals surface area (Å²) < 4.78 is 122. The molecule has 0 unspecified atom stereocenters. The van der Waals surface area contributed by atoms with Crippen molar-refractivity contribution in [1.29, 1.82) is 0 Å². The van der Waals surface area contributed by atoms with E-state index < -0.39 is 42.7 Å². The number of halogens is 9. The van der Waals surface area contributed by atoms with E-state index in [9.17, 15) is 39.5 Å². The second-order valence-corrected chi connectivity index (χ2v) is 6.69. The first-order chi connectivity index (χ1) is 14.0. The largest absolute Gasteiger partial charge is 1.00 e. The van der Waals surface area contributed by atoms with Crippen molar-refractivity contribution in [2.45, 2.75) is 39.3 Å². The maximum Gasteiger partial charge on any atom is 1.00 e. The minimum atomic E-state index is -5.14. The summed E-state index contributed by atoms with van der Waals surface area (Å²) in [5.74, 6) is 0. The Morgan fingerprint density at radius 2 is 0.781 bits per heavy atom. The van der Waals surface area contributed by atoms with Gasteiger partial charge in [-0.3, -0.25) is 0 Å². The first-order valence-electron chi connectivity index (χ1n) is 8.40. The number of nitrogens with zero attached hydrogens (tertiary/aromatic N) is 6. The number of rotatable bonds is 3. The Kier molecular flexibility index (Phi) is 7.42. The molecule has 1 radical (unpaired) electrons. The van der Waals surface area contributed by atoms with Crippen LogP contribution in [-0.4, -0.2) is 36.2 Å². The molecule has 6 nitrogen and oxygen atoms in total. The summed E-state index contributed by atoms with van der Waals surface area (Å²) in [6, 6.07) is 1.50. The molecule has 169 valence electrons. The Balaban J connectivity index is 0.00000363. The molecular weight excluding hydrogens is 485 g/mol. The van der Waals surface area contributed by atoms with Gasteiger partial charge in [0.15, 0.2) is 0 Å². The summed E-state index contributed by atoms with van der Waals surface area (Å²) in [7, 11) is -2.49. The third kappa shape index (κ3) is 5.26. The summed E-state index contributed by atoms with van der Waals surface area (Å²) in [6.45, 7) is 3.34. The van der Waals surface area contributed by atoms with Gasteiger partial charge in [0.25, 0.3) is 7.12 Å². The molecule has 0 saturated heterocycles. The van der Waals surface area contributed by atoms with Crippen molar-refractivity contribution >= 4 is 7.12 Å². The van der Waals surface area contributed by atoms with Crippen LogP contribution in [0, 0.1) is 20.8 Å². The van der Waals surface area contributed by atoms with Crippen molar-refractivity contribution in [3.05, 3.63) is 52.4 Å². The molecule has 32 heavy (non-hydrogen) atoms. The molecule has 17 heteroatoms.